The first kappa shape index (κ1) is 32.0. The van der Waals surface area contributed by atoms with Crippen LogP contribution in [0.3, 0.4) is 0 Å². The molecular weight excluding hydrogens is 673 g/mol. The normalized spacial score (nSPS) is 11.3. The second kappa shape index (κ2) is 13.4. The lowest BCUT2D eigenvalue weighted by molar-refractivity contribution is 0.669. The maximum atomic E-state index is 9.52. The zero-order valence-electron chi connectivity index (χ0n) is 29.5. The zero-order chi connectivity index (χ0) is 36.7. The summed E-state index contributed by atoms with van der Waals surface area (Å²) in [5, 5.41) is 13.9. The van der Waals surface area contributed by atoms with Crippen molar-refractivity contribution in [3.63, 3.8) is 0 Å². The predicted molar refractivity (Wildman–Crippen MR) is 222 cm³/mol. The van der Waals surface area contributed by atoms with E-state index < -0.39 is 0 Å². The molecule has 0 radical (unpaired) electrons. The smallest absolute Gasteiger partial charge is 0.164 e. The third kappa shape index (κ3) is 5.98. The monoisotopic (exact) mass is 702 g/mol. The van der Waals surface area contributed by atoms with E-state index in [4.69, 9.17) is 19.4 Å². The minimum absolute atomic E-state index is 0.545. The minimum Gasteiger partial charge on any atom is -0.456 e. The average molecular weight is 703 g/mol. The van der Waals surface area contributed by atoms with Gasteiger partial charge >= 0.3 is 0 Å². The molecule has 0 N–H and O–H groups in total. The van der Waals surface area contributed by atoms with Gasteiger partial charge in [-0.2, -0.15) is 5.26 Å². The van der Waals surface area contributed by atoms with Gasteiger partial charge in [-0.1, -0.05) is 133 Å². The van der Waals surface area contributed by atoms with Gasteiger partial charge in [0.15, 0.2) is 17.5 Å². The van der Waals surface area contributed by atoms with E-state index in [-0.39, 0.29) is 0 Å². The minimum atomic E-state index is 0.545. The number of hydrogen-bond acceptors (Lipinski definition) is 5. The summed E-state index contributed by atoms with van der Waals surface area (Å²) in [7, 11) is 0. The molecule has 55 heavy (non-hydrogen) atoms. The number of nitrogens with zero attached hydrogens (tertiary/aromatic N) is 4. The van der Waals surface area contributed by atoms with E-state index in [2.05, 4.69) is 115 Å². The Kier molecular flexibility index (Phi) is 7.79. The molecule has 2 heterocycles. The molecule has 10 aromatic rings. The highest BCUT2D eigenvalue weighted by molar-refractivity contribution is 6.13. The topological polar surface area (TPSA) is 75.6 Å². The molecule has 0 amide bonds. The number of hydrogen-bond donors (Lipinski definition) is 0. The first-order valence-electron chi connectivity index (χ1n) is 18.1. The summed E-state index contributed by atoms with van der Waals surface area (Å²) in [6.45, 7) is 0. The van der Waals surface area contributed by atoms with Crippen LogP contribution in [0, 0.1) is 11.3 Å². The molecule has 0 aliphatic rings. The maximum absolute atomic E-state index is 9.52. The number of benzene rings is 8. The Labute approximate surface area is 317 Å². The molecule has 5 heteroatoms. The summed E-state index contributed by atoms with van der Waals surface area (Å²) in [5.41, 5.74) is 11.3. The summed E-state index contributed by atoms with van der Waals surface area (Å²) in [5.74, 6) is 1.67. The van der Waals surface area contributed by atoms with E-state index in [0.717, 1.165) is 71.7 Å². The van der Waals surface area contributed by atoms with Crippen molar-refractivity contribution in [1.82, 2.24) is 15.0 Å². The van der Waals surface area contributed by atoms with Crippen molar-refractivity contribution in [3.8, 4) is 73.6 Å². The first-order chi connectivity index (χ1) is 27.2. The third-order valence-electron chi connectivity index (χ3n) is 10.1. The molecule has 0 saturated heterocycles. The van der Waals surface area contributed by atoms with Crippen LogP contribution < -0.4 is 0 Å². The van der Waals surface area contributed by atoms with Crippen molar-refractivity contribution < 1.29 is 4.42 Å². The number of fused-ring (bicyclic) bond motifs is 4. The van der Waals surface area contributed by atoms with Crippen LogP contribution in [-0.2, 0) is 0 Å². The molecule has 2 aromatic heterocycles. The van der Waals surface area contributed by atoms with Crippen molar-refractivity contribution in [2.24, 2.45) is 0 Å². The highest BCUT2D eigenvalue weighted by atomic mass is 16.3. The molecule has 8 aromatic carbocycles. The van der Waals surface area contributed by atoms with Gasteiger partial charge in [0.25, 0.3) is 0 Å². The molecule has 256 valence electrons. The van der Waals surface area contributed by atoms with Gasteiger partial charge in [-0.25, -0.2) is 15.0 Å². The van der Waals surface area contributed by atoms with Crippen LogP contribution in [0.5, 0.6) is 0 Å². The molecular formula is C50H30N4O. The lowest BCUT2D eigenvalue weighted by Gasteiger charge is -2.10. The average Bonchev–Trinajstić information content (AvgIpc) is 3.65. The highest BCUT2D eigenvalue weighted by Gasteiger charge is 2.17. The van der Waals surface area contributed by atoms with Crippen LogP contribution in [0.15, 0.2) is 186 Å². The quantitative estimate of drug-likeness (QED) is 0.172. The van der Waals surface area contributed by atoms with Crippen molar-refractivity contribution in [3.05, 3.63) is 188 Å². The molecule has 0 saturated carbocycles. The van der Waals surface area contributed by atoms with E-state index in [9.17, 15) is 5.26 Å². The van der Waals surface area contributed by atoms with Crippen molar-refractivity contribution in [2.75, 3.05) is 0 Å². The van der Waals surface area contributed by atoms with Crippen LogP contribution in [0.25, 0.3) is 100 Å². The first-order valence-corrected chi connectivity index (χ1v) is 18.1. The van der Waals surface area contributed by atoms with Gasteiger partial charge in [0, 0.05) is 27.5 Å². The van der Waals surface area contributed by atoms with Gasteiger partial charge in [0.1, 0.15) is 11.2 Å². The molecule has 0 bridgehead atoms. The summed E-state index contributed by atoms with van der Waals surface area (Å²) in [6, 6.07) is 64.1. The molecule has 10 rings (SSSR count). The van der Waals surface area contributed by atoms with E-state index in [1.165, 1.54) is 11.1 Å². The summed E-state index contributed by atoms with van der Waals surface area (Å²) in [4.78, 5) is 15.2. The summed E-state index contributed by atoms with van der Waals surface area (Å²) < 4.78 is 6.56. The van der Waals surface area contributed by atoms with Gasteiger partial charge in [-0.05, 0) is 92.7 Å². The molecule has 0 atom stereocenters. The fourth-order valence-corrected chi connectivity index (χ4v) is 7.40. The Balaban J connectivity index is 1.11. The molecule has 0 spiro atoms. The summed E-state index contributed by atoms with van der Waals surface area (Å²) in [6.07, 6.45) is 0. The molecule has 0 unspecified atom stereocenters. The van der Waals surface area contributed by atoms with E-state index in [1.54, 1.807) is 0 Å². The largest absolute Gasteiger partial charge is 0.456 e. The van der Waals surface area contributed by atoms with Gasteiger partial charge < -0.3 is 4.42 Å². The van der Waals surface area contributed by atoms with Crippen LogP contribution in [0.1, 0.15) is 5.56 Å². The number of rotatable bonds is 6. The SMILES string of the molecule is N#Cc1cccc(-c2cccc(-c3nc(-c4ccc5ccccc5c4)nc(-c4ccc5c(c4)oc4cccc(-c6cccc(-c7ccccc7)c6)c45)n3)c2)c1. The van der Waals surface area contributed by atoms with Gasteiger partial charge in [-0.15, -0.1) is 0 Å². The lowest BCUT2D eigenvalue weighted by Crippen LogP contribution is -2.00. The van der Waals surface area contributed by atoms with Crippen LogP contribution in [0.4, 0.5) is 0 Å². The van der Waals surface area contributed by atoms with Gasteiger partial charge in [0.05, 0.1) is 11.6 Å². The molecule has 0 aliphatic heterocycles. The molecule has 0 aliphatic carbocycles. The second-order valence-electron chi connectivity index (χ2n) is 13.6. The third-order valence-corrected chi connectivity index (χ3v) is 10.1. The zero-order valence-corrected chi connectivity index (χ0v) is 29.5. The second-order valence-corrected chi connectivity index (χ2v) is 13.6. The van der Waals surface area contributed by atoms with Crippen LogP contribution in [0.2, 0.25) is 0 Å². The van der Waals surface area contributed by atoms with E-state index in [0.29, 0.717) is 23.0 Å². The number of furan rings is 1. The maximum Gasteiger partial charge on any atom is 0.164 e. The fraction of sp³-hybridized carbons (Fsp3) is 0. The Morgan fingerprint density at radius 1 is 0.382 bits per heavy atom. The van der Waals surface area contributed by atoms with Crippen molar-refractivity contribution in [2.45, 2.75) is 0 Å². The predicted octanol–water partition coefficient (Wildman–Crippen LogP) is 12.8. The number of aromatic nitrogens is 3. The Hall–Kier alpha value is -7.68. The molecule has 0 fully saturated rings. The highest BCUT2D eigenvalue weighted by Crippen LogP contribution is 2.39. The number of nitriles is 1. The van der Waals surface area contributed by atoms with Gasteiger partial charge in [-0.3, -0.25) is 0 Å². The molecule has 5 nitrogen and oxygen atoms in total. The van der Waals surface area contributed by atoms with Gasteiger partial charge in [0.2, 0.25) is 0 Å². The summed E-state index contributed by atoms with van der Waals surface area (Å²) >= 11 is 0. The Morgan fingerprint density at radius 2 is 0.945 bits per heavy atom. The Bertz CT molecular complexity index is 3120. The fourth-order valence-electron chi connectivity index (χ4n) is 7.40. The van der Waals surface area contributed by atoms with Crippen molar-refractivity contribution in [1.29, 1.82) is 5.26 Å². The Morgan fingerprint density at radius 3 is 1.73 bits per heavy atom. The van der Waals surface area contributed by atoms with E-state index in [1.807, 2.05) is 72.8 Å². The van der Waals surface area contributed by atoms with Crippen LogP contribution >= 0.6 is 0 Å². The van der Waals surface area contributed by atoms with Crippen molar-refractivity contribution >= 4 is 32.7 Å². The standard InChI is InChI=1S/C50H30N4O/c51-31-32-10-6-15-35(26-32)38-17-8-19-40(29-38)48-52-49(41-23-22-34-13-4-5-14-36(34)28-41)54-50(53-48)42-24-25-44-46(30-42)55-45-21-9-20-43(47(44)45)39-18-7-16-37(27-39)33-11-2-1-3-12-33/h1-30H. The lowest BCUT2D eigenvalue weighted by atomic mass is 9.96. The van der Waals surface area contributed by atoms with Crippen LogP contribution in [-0.4, -0.2) is 15.0 Å². The van der Waals surface area contributed by atoms with E-state index >= 15 is 0 Å².